The zero-order chi connectivity index (χ0) is 26.1. The molecule has 0 saturated carbocycles. The van der Waals surface area contributed by atoms with Crippen LogP contribution in [0.4, 0.5) is 5.69 Å². The lowest BCUT2D eigenvalue weighted by Crippen LogP contribution is -2.36. The molecule has 0 spiro atoms. The summed E-state index contributed by atoms with van der Waals surface area (Å²) in [6.07, 6.45) is 5.06. The second kappa shape index (κ2) is 13.0. The van der Waals surface area contributed by atoms with Gasteiger partial charge in [-0.05, 0) is 72.8 Å². The average Bonchev–Trinajstić information content (AvgIpc) is 2.86. The van der Waals surface area contributed by atoms with E-state index in [4.69, 9.17) is 19.3 Å². The second-order valence-electron chi connectivity index (χ2n) is 11.0. The molecule has 1 atom stereocenters. The van der Waals surface area contributed by atoms with Crippen molar-refractivity contribution in [2.45, 2.75) is 65.4 Å². The molecule has 3 rings (SSSR count). The van der Waals surface area contributed by atoms with E-state index in [2.05, 4.69) is 43.9 Å². The highest BCUT2D eigenvalue weighted by Crippen LogP contribution is 2.33. The number of carboxylic acids is 1. The monoisotopic (exact) mass is 497 g/mol. The molecule has 0 aromatic heterocycles. The number of aryl methyl sites for hydroxylation is 1. The third kappa shape index (κ3) is 8.44. The lowest BCUT2D eigenvalue weighted by atomic mass is 9.88. The topological polar surface area (TPSA) is 68.2 Å². The number of rotatable bonds is 12. The van der Waals surface area contributed by atoms with Crippen LogP contribution in [0.1, 0.15) is 70.1 Å². The van der Waals surface area contributed by atoms with Gasteiger partial charge in [-0.3, -0.25) is 4.79 Å². The van der Waals surface area contributed by atoms with Crippen LogP contribution in [0.2, 0.25) is 0 Å². The van der Waals surface area contributed by atoms with E-state index in [1.165, 1.54) is 31.2 Å². The predicted molar refractivity (Wildman–Crippen MR) is 144 cm³/mol. The molecule has 1 unspecified atom stereocenters. The summed E-state index contributed by atoms with van der Waals surface area (Å²) in [7, 11) is 3.26. The summed E-state index contributed by atoms with van der Waals surface area (Å²) >= 11 is 0. The van der Waals surface area contributed by atoms with Crippen molar-refractivity contribution < 1.29 is 24.1 Å². The molecular weight excluding hydrogens is 454 g/mol. The van der Waals surface area contributed by atoms with Crippen molar-refractivity contribution in [3.8, 4) is 11.5 Å². The van der Waals surface area contributed by atoms with Gasteiger partial charge in [-0.25, -0.2) is 0 Å². The zero-order valence-electron chi connectivity index (χ0n) is 22.6. The molecule has 198 valence electrons. The van der Waals surface area contributed by atoms with Crippen molar-refractivity contribution in [3.05, 3.63) is 53.6 Å². The van der Waals surface area contributed by atoms with Gasteiger partial charge in [-0.15, -0.1) is 0 Å². The first kappa shape index (κ1) is 27.9. The van der Waals surface area contributed by atoms with Gasteiger partial charge in [0.2, 0.25) is 0 Å². The minimum Gasteiger partial charge on any atom is -0.497 e. The van der Waals surface area contributed by atoms with Crippen LogP contribution in [0.15, 0.2) is 42.5 Å². The number of anilines is 1. The van der Waals surface area contributed by atoms with E-state index in [0.29, 0.717) is 17.9 Å². The normalized spacial score (nSPS) is 15.5. The molecule has 6 heteroatoms. The maximum absolute atomic E-state index is 11.1. The number of ether oxygens (including phenoxy) is 3. The largest absolute Gasteiger partial charge is 0.497 e. The fraction of sp³-hybridized carbons (Fsp3) is 0.567. The molecule has 2 aromatic rings. The van der Waals surface area contributed by atoms with E-state index >= 15 is 0 Å². The standard InChI is InChI=1S/C30H43NO5/c1-30(2,3)15-7-9-23-11-12-25(34-4)19-27(23)31-16-13-22(14-17-31)21-36-26-10-6-8-24(18-26)28(35-5)20-29(32)33/h6,8,10-12,18-19,22,28H,7,9,13-17,20-21H2,1-5H3,(H,32,33). The Morgan fingerprint density at radius 3 is 2.47 bits per heavy atom. The Labute approximate surface area is 216 Å². The third-order valence-electron chi connectivity index (χ3n) is 6.98. The van der Waals surface area contributed by atoms with E-state index < -0.39 is 12.1 Å². The lowest BCUT2D eigenvalue weighted by Gasteiger charge is -2.35. The lowest BCUT2D eigenvalue weighted by molar-refractivity contribution is -0.139. The summed E-state index contributed by atoms with van der Waals surface area (Å²) in [6, 6.07) is 14.1. The summed E-state index contributed by atoms with van der Waals surface area (Å²) in [5, 5.41) is 9.12. The Hall–Kier alpha value is -2.73. The van der Waals surface area contributed by atoms with Crippen molar-refractivity contribution >= 4 is 11.7 Å². The van der Waals surface area contributed by atoms with Crippen LogP contribution in [0.5, 0.6) is 11.5 Å². The van der Waals surface area contributed by atoms with Crippen LogP contribution in [0.25, 0.3) is 0 Å². The van der Waals surface area contributed by atoms with Crippen molar-refractivity contribution in [2.75, 3.05) is 38.8 Å². The molecule has 1 fully saturated rings. The fourth-order valence-electron chi connectivity index (χ4n) is 4.84. The third-order valence-corrected chi connectivity index (χ3v) is 6.98. The summed E-state index contributed by atoms with van der Waals surface area (Å²) in [4.78, 5) is 13.6. The summed E-state index contributed by atoms with van der Waals surface area (Å²) in [6.45, 7) is 9.56. The van der Waals surface area contributed by atoms with E-state index in [-0.39, 0.29) is 6.42 Å². The van der Waals surface area contributed by atoms with Gasteiger partial charge in [0.05, 0.1) is 26.2 Å². The summed E-state index contributed by atoms with van der Waals surface area (Å²) in [5.41, 5.74) is 3.88. The maximum Gasteiger partial charge on any atom is 0.306 e. The maximum atomic E-state index is 11.1. The van der Waals surface area contributed by atoms with Crippen LogP contribution >= 0.6 is 0 Å². The molecule has 6 nitrogen and oxygen atoms in total. The van der Waals surface area contributed by atoms with Crippen LogP contribution < -0.4 is 14.4 Å². The number of benzene rings is 2. The van der Waals surface area contributed by atoms with Gasteiger partial charge >= 0.3 is 5.97 Å². The van der Waals surface area contributed by atoms with Gasteiger partial charge in [-0.2, -0.15) is 0 Å². The molecule has 1 heterocycles. The smallest absolute Gasteiger partial charge is 0.306 e. The first-order valence-corrected chi connectivity index (χ1v) is 13.1. The number of carbonyl (C=O) groups is 1. The molecular formula is C30H43NO5. The van der Waals surface area contributed by atoms with Gasteiger partial charge in [0.25, 0.3) is 0 Å². The number of piperidine rings is 1. The van der Waals surface area contributed by atoms with Gasteiger partial charge < -0.3 is 24.2 Å². The molecule has 0 bridgehead atoms. The Kier molecular flexibility index (Phi) is 10.1. The van der Waals surface area contributed by atoms with Crippen LogP contribution in [0.3, 0.4) is 0 Å². The molecule has 0 amide bonds. The molecule has 1 saturated heterocycles. The van der Waals surface area contributed by atoms with Crippen LogP contribution in [-0.4, -0.2) is 45.0 Å². The Morgan fingerprint density at radius 1 is 1.08 bits per heavy atom. The summed E-state index contributed by atoms with van der Waals surface area (Å²) < 4.78 is 17.0. The van der Waals surface area contributed by atoms with E-state index in [1.54, 1.807) is 7.11 Å². The highest BCUT2D eigenvalue weighted by molar-refractivity contribution is 5.67. The fourth-order valence-corrected chi connectivity index (χ4v) is 4.84. The SMILES string of the molecule is COc1ccc(CCCC(C)(C)C)c(N2CCC(COc3cccc(C(CC(=O)O)OC)c3)CC2)c1. The molecule has 0 radical (unpaired) electrons. The van der Waals surface area contributed by atoms with Gasteiger partial charge in [0.15, 0.2) is 0 Å². The second-order valence-corrected chi connectivity index (χ2v) is 11.0. The van der Waals surface area contributed by atoms with Crippen LogP contribution in [-0.2, 0) is 16.0 Å². The van der Waals surface area contributed by atoms with Crippen molar-refractivity contribution in [3.63, 3.8) is 0 Å². The Bertz CT molecular complexity index is 976. The van der Waals surface area contributed by atoms with E-state index in [9.17, 15) is 4.79 Å². The zero-order valence-corrected chi connectivity index (χ0v) is 22.6. The van der Waals surface area contributed by atoms with Crippen molar-refractivity contribution in [2.24, 2.45) is 11.3 Å². The first-order valence-electron chi connectivity index (χ1n) is 13.1. The number of hydrogen-bond acceptors (Lipinski definition) is 5. The highest BCUT2D eigenvalue weighted by Gasteiger charge is 2.23. The first-order chi connectivity index (χ1) is 17.2. The molecule has 1 aliphatic heterocycles. The van der Waals surface area contributed by atoms with Gasteiger partial charge in [0, 0.05) is 32.0 Å². The quantitative estimate of drug-likeness (QED) is 0.360. The average molecular weight is 498 g/mol. The predicted octanol–water partition coefficient (Wildman–Crippen LogP) is 6.52. The number of aliphatic carboxylic acids is 1. The molecule has 36 heavy (non-hydrogen) atoms. The molecule has 1 aliphatic rings. The minimum atomic E-state index is -0.881. The number of methoxy groups -OCH3 is 2. The van der Waals surface area contributed by atoms with Crippen molar-refractivity contribution in [1.29, 1.82) is 0 Å². The van der Waals surface area contributed by atoms with E-state index in [0.717, 1.165) is 49.4 Å². The van der Waals surface area contributed by atoms with E-state index in [1.807, 2.05) is 24.3 Å². The van der Waals surface area contributed by atoms with Crippen molar-refractivity contribution in [1.82, 2.24) is 0 Å². The number of hydrogen-bond donors (Lipinski definition) is 1. The molecule has 0 aliphatic carbocycles. The van der Waals surface area contributed by atoms with Crippen LogP contribution in [0, 0.1) is 11.3 Å². The number of nitrogens with zero attached hydrogens (tertiary/aromatic N) is 1. The highest BCUT2D eigenvalue weighted by atomic mass is 16.5. The Balaban J connectivity index is 1.56. The minimum absolute atomic E-state index is 0.0686. The molecule has 2 aromatic carbocycles. The Morgan fingerprint density at radius 2 is 1.83 bits per heavy atom. The van der Waals surface area contributed by atoms with Gasteiger partial charge in [0.1, 0.15) is 11.5 Å². The summed E-state index contributed by atoms with van der Waals surface area (Å²) in [5.74, 6) is 1.27. The molecule has 1 N–H and O–H groups in total. The number of carboxylic acid groups (broad SMARTS) is 1. The van der Waals surface area contributed by atoms with Gasteiger partial charge in [-0.1, -0.05) is 39.0 Å².